The molecule has 0 aliphatic heterocycles. The first kappa shape index (κ1) is 12.8. The quantitative estimate of drug-likeness (QED) is 0.781. The van der Waals surface area contributed by atoms with E-state index in [2.05, 4.69) is 5.32 Å². The summed E-state index contributed by atoms with van der Waals surface area (Å²) in [5, 5.41) is 3.84. The van der Waals surface area contributed by atoms with Crippen LogP contribution in [0.3, 0.4) is 0 Å². The normalized spacial score (nSPS) is 24.1. The van der Waals surface area contributed by atoms with Crippen molar-refractivity contribution >= 4 is 0 Å². The van der Waals surface area contributed by atoms with Crippen LogP contribution in [-0.4, -0.2) is 6.54 Å². The van der Waals surface area contributed by atoms with Crippen molar-refractivity contribution in [2.75, 3.05) is 6.54 Å². The Hall–Kier alpha value is -0.890. The highest BCUT2D eigenvalue weighted by atomic mass is 19.1. The third-order valence-corrected chi connectivity index (χ3v) is 5.35. The van der Waals surface area contributed by atoms with Gasteiger partial charge < -0.3 is 5.32 Å². The van der Waals surface area contributed by atoms with Crippen LogP contribution in [0.1, 0.15) is 50.1 Å². The van der Waals surface area contributed by atoms with Crippen molar-refractivity contribution < 1.29 is 4.39 Å². The van der Waals surface area contributed by atoms with E-state index in [4.69, 9.17) is 0 Å². The van der Waals surface area contributed by atoms with Gasteiger partial charge in [-0.2, -0.15) is 0 Å². The van der Waals surface area contributed by atoms with Gasteiger partial charge in [-0.15, -0.1) is 0 Å². The maximum absolute atomic E-state index is 13.1. The number of rotatable bonds is 7. The molecule has 4 rings (SSSR count). The van der Waals surface area contributed by atoms with Gasteiger partial charge in [0.1, 0.15) is 5.82 Å². The fourth-order valence-electron chi connectivity index (χ4n) is 3.69. The first-order chi connectivity index (χ1) is 9.81. The van der Waals surface area contributed by atoms with Crippen LogP contribution in [0.25, 0.3) is 0 Å². The third kappa shape index (κ3) is 2.90. The minimum Gasteiger partial charge on any atom is -0.309 e. The third-order valence-electron chi connectivity index (χ3n) is 5.35. The molecule has 0 amide bonds. The molecule has 1 aromatic rings. The van der Waals surface area contributed by atoms with Gasteiger partial charge >= 0.3 is 0 Å². The second-order valence-electron chi connectivity index (χ2n) is 7.11. The molecule has 1 aromatic carbocycles. The van der Waals surface area contributed by atoms with Crippen molar-refractivity contribution in [3.63, 3.8) is 0 Å². The molecular formula is C18H24FN. The van der Waals surface area contributed by atoms with E-state index in [-0.39, 0.29) is 5.82 Å². The average Bonchev–Trinajstić information content (AvgIpc) is 3.25. The van der Waals surface area contributed by atoms with Gasteiger partial charge in [-0.25, -0.2) is 4.39 Å². The van der Waals surface area contributed by atoms with Crippen molar-refractivity contribution in [2.24, 2.45) is 23.7 Å². The van der Waals surface area contributed by atoms with E-state index in [0.29, 0.717) is 6.04 Å². The lowest BCUT2D eigenvalue weighted by molar-refractivity contribution is 0.344. The summed E-state index contributed by atoms with van der Waals surface area (Å²) in [4.78, 5) is 0. The monoisotopic (exact) mass is 273 g/mol. The van der Waals surface area contributed by atoms with Gasteiger partial charge in [0.2, 0.25) is 0 Å². The highest BCUT2D eigenvalue weighted by Crippen LogP contribution is 2.49. The Balaban J connectivity index is 1.42. The number of benzene rings is 1. The molecule has 3 fully saturated rings. The zero-order valence-electron chi connectivity index (χ0n) is 12.0. The molecule has 0 bridgehead atoms. The van der Waals surface area contributed by atoms with Gasteiger partial charge in [-0.3, -0.25) is 0 Å². The summed E-state index contributed by atoms with van der Waals surface area (Å²) >= 11 is 0. The predicted octanol–water partition coefficient (Wildman–Crippen LogP) is 4.30. The lowest BCUT2D eigenvalue weighted by Crippen LogP contribution is -2.30. The summed E-state index contributed by atoms with van der Waals surface area (Å²) in [6.07, 6.45) is 8.46. The molecule has 2 heteroatoms. The van der Waals surface area contributed by atoms with E-state index in [9.17, 15) is 4.39 Å². The summed E-state index contributed by atoms with van der Waals surface area (Å²) in [5.41, 5.74) is 1.28. The molecule has 0 radical (unpaired) electrons. The second kappa shape index (κ2) is 5.14. The molecule has 0 aromatic heterocycles. The molecule has 1 nitrogen and oxygen atoms in total. The topological polar surface area (TPSA) is 12.0 Å². The number of hydrogen-bond acceptors (Lipinski definition) is 1. The second-order valence-corrected chi connectivity index (χ2v) is 7.11. The molecular weight excluding hydrogens is 249 g/mol. The van der Waals surface area contributed by atoms with E-state index in [0.717, 1.165) is 23.7 Å². The number of nitrogens with one attached hydrogen (secondary N) is 1. The van der Waals surface area contributed by atoms with Gasteiger partial charge in [0.15, 0.2) is 0 Å². The molecule has 1 atom stereocenters. The van der Waals surface area contributed by atoms with Crippen LogP contribution in [0.15, 0.2) is 24.3 Å². The molecule has 3 aliphatic carbocycles. The molecule has 0 spiro atoms. The summed E-state index contributed by atoms with van der Waals surface area (Å²) in [7, 11) is 0. The molecule has 3 aliphatic rings. The molecule has 1 N–H and O–H groups in total. The number of halogens is 1. The van der Waals surface area contributed by atoms with Crippen LogP contribution in [0, 0.1) is 29.5 Å². The summed E-state index contributed by atoms with van der Waals surface area (Å²) in [6.45, 7) is 1.17. The zero-order valence-corrected chi connectivity index (χ0v) is 12.0. The lowest BCUT2D eigenvalue weighted by atomic mass is 9.96. The Labute approximate surface area is 121 Å². The molecule has 108 valence electrons. The Bertz CT molecular complexity index is 445. The van der Waals surface area contributed by atoms with Crippen molar-refractivity contribution in [3.8, 4) is 0 Å². The van der Waals surface area contributed by atoms with Gasteiger partial charge in [0, 0.05) is 6.04 Å². The van der Waals surface area contributed by atoms with Crippen LogP contribution < -0.4 is 5.32 Å². The van der Waals surface area contributed by atoms with Gasteiger partial charge in [-0.05, 0) is 86.4 Å². The predicted molar refractivity (Wildman–Crippen MR) is 78.8 cm³/mol. The maximum Gasteiger partial charge on any atom is 0.123 e. The zero-order chi connectivity index (χ0) is 13.5. The van der Waals surface area contributed by atoms with Crippen LogP contribution in [0.2, 0.25) is 0 Å². The highest BCUT2D eigenvalue weighted by Gasteiger charge is 2.42. The Morgan fingerprint density at radius 3 is 1.95 bits per heavy atom. The molecule has 0 heterocycles. The van der Waals surface area contributed by atoms with Crippen molar-refractivity contribution in [1.82, 2.24) is 5.32 Å². The van der Waals surface area contributed by atoms with Gasteiger partial charge in [-0.1, -0.05) is 12.1 Å². The molecule has 0 saturated heterocycles. The average molecular weight is 273 g/mol. The molecule has 3 saturated carbocycles. The fraction of sp³-hybridized carbons (Fsp3) is 0.667. The minimum absolute atomic E-state index is 0.128. The Kier molecular flexibility index (Phi) is 3.30. The summed E-state index contributed by atoms with van der Waals surface area (Å²) in [6, 6.07) is 7.59. The van der Waals surface area contributed by atoms with Crippen molar-refractivity contribution in [2.45, 2.75) is 44.6 Å². The molecule has 20 heavy (non-hydrogen) atoms. The smallest absolute Gasteiger partial charge is 0.123 e. The summed E-state index contributed by atoms with van der Waals surface area (Å²) in [5.74, 6) is 3.57. The van der Waals surface area contributed by atoms with Crippen LogP contribution in [0.4, 0.5) is 4.39 Å². The number of hydrogen-bond donors (Lipinski definition) is 1. The van der Waals surface area contributed by atoms with Gasteiger partial charge in [0.25, 0.3) is 0 Å². The Morgan fingerprint density at radius 1 is 0.900 bits per heavy atom. The minimum atomic E-state index is -0.128. The van der Waals surface area contributed by atoms with Crippen molar-refractivity contribution in [3.05, 3.63) is 35.6 Å². The lowest BCUT2D eigenvalue weighted by Gasteiger charge is -2.23. The van der Waals surface area contributed by atoms with E-state index in [1.807, 2.05) is 12.1 Å². The first-order valence-electron chi connectivity index (χ1n) is 8.30. The Morgan fingerprint density at radius 2 is 1.45 bits per heavy atom. The van der Waals surface area contributed by atoms with E-state index < -0.39 is 0 Å². The standard InChI is InChI=1S/C18H24FN/c19-16-9-7-15(8-10-16)18(14-5-6-14)20-11-17(12-1-2-12)13-3-4-13/h7-10,12-14,17-18,20H,1-6,11H2. The van der Waals surface area contributed by atoms with Gasteiger partial charge in [0.05, 0.1) is 0 Å². The van der Waals surface area contributed by atoms with Crippen LogP contribution in [-0.2, 0) is 0 Å². The van der Waals surface area contributed by atoms with E-state index in [1.165, 1.54) is 50.6 Å². The van der Waals surface area contributed by atoms with Crippen LogP contribution >= 0.6 is 0 Å². The SMILES string of the molecule is Fc1ccc(C(NCC(C2CC2)C2CC2)C2CC2)cc1. The first-order valence-corrected chi connectivity index (χ1v) is 8.30. The van der Waals surface area contributed by atoms with Crippen LogP contribution in [0.5, 0.6) is 0 Å². The maximum atomic E-state index is 13.1. The largest absolute Gasteiger partial charge is 0.309 e. The van der Waals surface area contributed by atoms with E-state index >= 15 is 0 Å². The van der Waals surface area contributed by atoms with E-state index in [1.54, 1.807) is 12.1 Å². The fourth-order valence-corrected chi connectivity index (χ4v) is 3.69. The molecule has 1 unspecified atom stereocenters. The summed E-state index contributed by atoms with van der Waals surface area (Å²) < 4.78 is 13.1. The van der Waals surface area contributed by atoms with Crippen molar-refractivity contribution in [1.29, 1.82) is 0 Å². The highest BCUT2D eigenvalue weighted by molar-refractivity contribution is 5.22.